The Morgan fingerprint density at radius 1 is 1.12 bits per heavy atom. The largest absolute Gasteiger partial charge is 0.494 e. The molecule has 26 heavy (non-hydrogen) atoms. The van der Waals surface area contributed by atoms with E-state index in [1.54, 1.807) is 0 Å². The van der Waals surface area contributed by atoms with Crippen LogP contribution in [0.4, 0.5) is 0 Å². The lowest BCUT2D eigenvalue weighted by Crippen LogP contribution is -2.27. The Morgan fingerprint density at radius 3 is 2.65 bits per heavy atom. The molecule has 0 bridgehead atoms. The number of carboxylic acids is 1. The van der Waals surface area contributed by atoms with E-state index in [9.17, 15) is 9.59 Å². The summed E-state index contributed by atoms with van der Waals surface area (Å²) in [6.07, 6.45) is 2.42. The summed E-state index contributed by atoms with van der Waals surface area (Å²) in [5.74, 6) is -0.0910. The summed E-state index contributed by atoms with van der Waals surface area (Å²) in [4.78, 5) is 22.9. The van der Waals surface area contributed by atoms with Crippen LogP contribution in [-0.4, -0.2) is 23.6 Å². The average Bonchev–Trinajstić information content (AvgIpc) is 3.08. The van der Waals surface area contributed by atoms with Gasteiger partial charge in [-0.25, -0.2) is 0 Å². The molecule has 2 aromatic carbocycles. The topological polar surface area (TPSA) is 75.6 Å². The number of aliphatic carboxylic acids is 1. The summed E-state index contributed by atoms with van der Waals surface area (Å²) in [6, 6.07) is 15.6. The zero-order chi connectivity index (χ0) is 18.4. The van der Waals surface area contributed by atoms with Crippen LogP contribution in [0.15, 0.2) is 48.5 Å². The minimum absolute atomic E-state index is 0.0527. The van der Waals surface area contributed by atoms with Gasteiger partial charge in [0.25, 0.3) is 0 Å². The molecule has 2 aromatic rings. The van der Waals surface area contributed by atoms with Crippen LogP contribution in [0.5, 0.6) is 5.75 Å². The average molecular weight is 353 g/mol. The first-order valence-corrected chi connectivity index (χ1v) is 8.92. The molecule has 1 aliphatic carbocycles. The van der Waals surface area contributed by atoms with Crippen molar-refractivity contribution in [2.45, 2.75) is 38.1 Å². The molecular weight excluding hydrogens is 330 g/mol. The van der Waals surface area contributed by atoms with Crippen LogP contribution in [0.2, 0.25) is 0 Å². The zero-order valence-corrected chi connectivity index (χ0v) is 14.6. The first-order chi connectivity index (χ1) is 12.6. The molecule has 5 nitrogen and oxygen atoms in total. The van der Waals surface area contributed by atoms with Crippen molar-refractivity contribution in [3.05, 3.63) is 65.2 Å². The Labute approximate surface area is 153 Å². The zero-order valence-electron chi connectivity index (χ0n) is 14.6. The molecule has 0 aliphatic heterocycles. The molecule has 1 amide bonds. The minimum atomic E-state index is -0.815. The van der Waals surface area contributed by atoms with Crippen molar-refractivity contribution >= 4 is 11.9 Å². The smallest absolute Gasteiger partial charge is 0.303 e. The predicted molar refractivity (Wildman–Crippen MR) is 98.2 cm³/mol. The van der Waals surface area contributed by atoms with E-state index in [0.717, 1.165) is 24.0 Å². The van der Waals surface area contributed by atoms with E-state index in [1.165, 1.54) is 5.56 Å². The molecule has 1 aliphatic rings. The van der Waals surface area contributed by atoms with Gasteiger partial charge < -0.3 is 15.2 Å². The van der Waals surface area contributed by atoms with Crippen LogP contribution < -0.4 is 10.1 Å². The second-order valence-corrected chi connectivity index (χ2v) is 6.50. The van der Waals surface area contributed by atoms with Gasteiger partial charge in [-0.05, 0) is 48.1 Å². The highest BCUT2D eigenvalue weighted by Crippen LogP contribution is 2.32. The van der Waals surface area contributed by atoms with Gasteiger partial charge in [-0.15, -0.1) is 0 Å². The van der Waals surface area contributed by atoms with E-state index in [-0.39, 0.29) is 18.2 Å². The molecule has 1 atom stereocenters. The lowest BCUT2D eigenvalue weighted by Gasteiger charge is -2.13. The number of carboxylic acid groups (broad SMARTS) is 1. The molecule has 2 N–H and O–H groups in total. The highest BCUT2D eigenvalue weighted by Gasteiger charge is 2.27. The van der Waals surface area contributed by atoms with Crippen LogP contribution in [0.3, 0.4) is 0 Å². The van der Waals surface area contributed by atoms with Crippen molar-refractivity contribution in [1.29, 1.82) is 0 Å². The lowest BCUT2D eigenvalue weighted by molar-refractivity contribution is -0.137. The summed E-state index contributed by atoms with van der Waals surface area (Å²) in [7, 11) is 0. The molecule has 136 valence electrons. The molecule has 0 fully saturated rings. The third-order valence-corrected chi connectivity index (χ3v) is 4.64. The van der Waals surface area contributed by atoms with Crippen molar-refractivity contribution in [2.75, 3.05) is 6.61 Å². The second-order valence-electron chi connectivity index (χ2n) is 6.50. The first-order valence-electron chi connectivity index (χ1n) is 8.92. The summed E-state index contributed by atoms with van der Waals surface area (Å²) in [6.45, 7) is 0.861. The van der Waals surface area contributed by atoms with Gasteiger partial charge in [0.2, 0.25) is 5.91 Å². The fourth-order valence-electron chi connectivity index (χ4n) is 3.26. The van der Waals surface area contributed by atoms with Gasteiger partial charge in [0.05, 0.1) is 12.5 Å². The predicted octanol–water partition coefficient (Wildman–Crippen LogP) is 3.28. The van der Waals surface area contributed by atoms with Crippen LogP contribution in [0.25, 0.3) is 0 Å². The normalized spacial score (nSPS) is 15.3. The molecule has 0 aromatic heterocycles. The van der Waals surface area contributed by atoms with Gasteiger partial charge in [0.15, 0.2) is 0 Å². The fraction of sp³-hybridized carbons (Fsp3) is 0.333. The number of ether oxygens (including phenoxy) is 1. The molecule has 0 saturated heterocycles. The van der Waals surface area contributed by atoms with E-state index < -0.39 is 5.97 Å². The maximum atomic E-state index is 12.5. The third-order valence-electron chi connectivity index (χ3n) is 4.64. The number of nitrogens with one attached hydrogen (secondary N) is 1. The van der Waals surface area contributed by atoms with Crippen molar-refractivity contribution in [3.8, 4) is 5.75 Å². The number of carbonyl (C=O) groups is 2. The van der Waals surface area contributed by atoms with Gasteiger partial charge in [0, 0.05) is 13.0 Å². The molecule has 0 heterocycles. The van der Waals surface area contributed by atoms with Gasteiger partial charge in [0.1, 0.15) is 5.75 Å². The Morgan fingerprint density at radius 2 is 1.88 bits per heavy atom. The first kappa shape index (κ1) is 18.0. The highest BCUT2D eigenvalue weighted by atomic mass is 16.5. The van der Waals surface area contributed by atoms with E-state index in [4.69, 9.17) is 9.84 Å². The molecule has 0 radical (unpaired) electrons. The number of amides is 1. The van der Waals surface area contributed by atoms with E-state index in [1.807, 2.05) is 42.5 Å². The summed E-state index contributed by atoms with van der Waals surface area (Å²) >= 11 is 0. The molecule has 0 spiro atoms. The van der Waals surface area contributed by atoms with Crippen molar-refractivity contribution in [3.63, 3.8) is 0 Å². The monoisotopic (exact) mass is 353 g/mol. The standard InChI is InChI=1S/C21H23NO4/c23-20(24)6-3-13-26-17-10-7-15(8-11-17)14-22-21(25)19-12-9-16-4-1-2-5-18(16)19/h1-2,4-5,7-8,10-11,19H,3,6,9,12-14H2,(H,22,25)(H,23,24). The number of hydrogen-bond acceptors (Lipinski definition) is 3. The van der Waals surface area contributed by atoms with E-state index in [0.29, 0.717) is 25.3 Å². The van der Waals surface area contributed by atoms with E-state index >= 15 is 0 Å². The molecule has 5 heteroatoms. The quantitative estimate of drug-likeness (QED) is 0.714. The number of carbonyl (C=O) groups excluding carboxylic acids is 1. The molecule has 3 rings (SSSR count). The maximum Gasteiger partial charge on any atom is 0.303 e. The van der Waals surface area contributed by atoms with Crippen LogP contribution >= 0.6 is 0 Å². The highest BCUT2D eigenvalue weighted by molar-refractivity contribution is 5.84. The van der Waals surface area contributed by atoms with Crippen molar-refractivity contribution in [1.82, 2.24) is 5.32 Å². The SMILES string of the molecule is O=C(O)CCCOc1ccc(CNC(=O)C2CCc3ccccc32)cc1. The molecular formula is C21H23NO4. The number of benzene rings is 2. The summed E-state index contributed by atoms with van der Waals surface area (Å²) < 4.78 is 5.51. The number of fused-ring (bicyclic) bond motifs is 1. The second kappa shape index (κ2) is 8.52. The third kappa shape index (κ3) is 4.63. The Bertz CT molecular complexity index is 770. The van der Waals surface area contributed by atoms with Crippen molar-refractivity contribution in [2.24, 2.45) is 0 Å². The molecule has 1 unspecified atom stereocenters. The number of hydrogen-bond donors (Lipinski definition) is 2. The van der Waals surface area contributed by atoms with Gasteiger partial charge in [-0.1, -0.05) is 36.4 Å². The Balaban J connectivity index is 1.46. The van der Waals surface area contributed by atoms with Gasteiger partial charge in [-0.3, -0.25) is 9.59 Å². The maximum absolute atomic E-state index is 12.5. The number of rotatable bonds is 8. The number of aryl methyl sites for hydroxylation is 1. The summed E-state index contributed by atoms with van der Waals surface area (Å²) in [5.41, 5.74) is 3.43. The van der Waals surface area contributed by atoms with Crippen molar-refractivity contribution < 1.29 is 19.4 Å². The Kier molecular flexibility index (Phi) is 5.89. The van der Waals surface area contributed by atoms with Crippen LogP contribution in [-0.2, 0) is 22.6 Å². The minimum Gasteiger partial charge on any atom is -0.494 e. The van der Waals surface area contributed by atoms with Gasteiger partial charge in [-0.2, -0.15) is 0 Å². The Hall–Kier alpha value is -2.82. The molecule has 0 saturated carbocycles. The summed E-state index contributed by atoms with van der Waals surface area (Å²) in [5, 5.41) is 11.6. The van der Waals surface area contributed by atoms with Gasteiger partial charge >= 0.3 is 5.97 Å². The van der Waals surface area contributed by atoms with Crippen LogP contribution in [0, 0.1) is 0 Å². The van der Waals surface area contributed by atoms with E-state index in [2.05, 4.69) is 11.4 Å². The lowest BCUT2D eigenvalue weighted by atomic mass is 10.0. The fourth-order valence-corrected chi connectivity index (χ4v) is 3.26. The van der Waals surface area contributed by atoms with Crippen LogP contribution in [0.1, 0.15) is 41.9 Å².